The molecule has 5 heteroatoms. The second-order valence-corrected chi connectivity index (χ2v) is 6.40. The Morgan fingerprint density at radius 3 is 2.95 bits per heavy atom. The Kier molecular flexibility index (Phi) is 3.98. The first-order valence-electron chi connectivity index (χ1n) is 7.08. The number of benzene rings is 1. The van der Waals surface area contributed by atoms with Crippen LogP contribution in [0.4, 0.5) is 0 Å². The van der Waals surface area contributed by atoms with Crippen LogP contribution in [0.1, 0.15) is 29.8 Å². The Labute approximate surface area is 122 Å². The molecule has 106 valence electrons. The highest BCUT2D eigenvalue weighted by atomic mass is 32.1. The third kappa shape index (κ3) is 3.35. The summed E-state index contributed by atoms with van der Waals surface area (Å²) >= 11 is 1.61. The van der Waals surface area contributed by atoms with Crippen LogP contribution in [0.25, 0.3) is 10.6 Å². The minimum Gasteiger partial charge on any atom is -0.508 e. The maximum absolute atomic E-state index is 9.75. The molecular weight excluding hydrogens is 270 g/mol. The van der Waals surface area contributed by atoms with E-state index in [-0.39, 0.29) is 0 Å². The van der Waals surface area contributed by atoms with Gasteiger partial charge in [0.2, 0.25) is 0 Å². The summed E-state index contributed by atoms with van der Waals surface area (Å²) in [5.41, 5.74) is 1.82. The first-order chi connectivity index (χ1) is 9.72. The predicted octanol–water partition coefficient (Wildman–Crippen LogP) is 2.90. The van der Waals surface area contributed by atoms with Gasteiger partial charge in [-0.15, -0.1) is 10.2 Å². The van der Waals surface area contributed by atoms with Crippen LogP contribution in [0.3, 0.4) is 0 Å². The average Bonchev–Trinajstić information content (AvgIpc) is 3.15. The van der Waals surface area contributed by atoms with Crippen molar-refractivity contribution < 1.29 is 5.11 Å². The van der Waals surface area contributed by atoms with Crippen LogP contribution in [-0.4, -0.2) is 27.9 Å². The monoisotopic (exact) mass is 289 g/mol. The third-order valence-corrected chi connectivity index (χ3v) is 4.53. The lowest BCUT2D eigenvalue weighted by molar-refractivity contribution is 0.471. The Bertz CT molecular complexity index is 593. The first kappa shape index (κ1) is 13.5. The highest BCUT2D eigenvalue weighted by Gasteiger charge is 2.19. The molecule has 0 unspecified atom stereocenters. The lowest BCUT2D eigenvalue weighted by Gasteiger charge is -2.00. The molecule has 0 saturated heterocycles. The van der Waals surface area contributed by atoms with Gasteiger partial charge in [-0.1, -0.05) is 23.5 Å². The summed E-state index contributed by atoms with van der Waals surface area (Å²) in [7, 11) is 0. The van der Waals surface area contributed by atoms with Crippen molar-refractivity contribution in [1.82, 2.24) is 15.5 Å². The molecule has 0 bridgehead atoms. The van der Waals surface area contributed by atoms with E-state index in [1.165, 1.54) is 12.8 Å². The first-order valence-corrected chi connectivity index (χ1v) is 7.90. The Balaban J connectivity index is 1.58. The van der Waals surface area contributed by atoms with Crippen LogP contribution in [0.5, 0.6) is 5.75 Å². The van der Waals surface area contributed by atoms with Crippen LogP contribution >= 0.6 is 11.3 Å². The van der Waals surface area contributed by atoms with Crippen molar-refractivity contribution in [2.75, 3.05) is 6.54 Å². The molecule has 0 radical (unpaired) electrons. The van der Waals surface area contributed by atoms with Gasteiger partial charge in [0.05, 0.1) is 0 Å². The molecule has 1 aliphatic carbocycles. The van der Waals surface area contributed by atoms with E-state index in [2.05, 4.69) is 15.5 Å². The number of hydrogen-bond acceptors (Lipinski definition) is 5. The maximum atomic E-state index is 9.75. The van der Waals surface area contributed by atoms with Crippen molar-refractivity contribution in [2.24, 2.45) is 0 Å². The van der Waals surface area contributed by atoms with Gasteiger partial charge in [0.15, 0.2) is 0 Å². The number of phenols is 1. The highest BCUT2D eigenvalue weighted by molar-refractivity contribution is 7.14. The van der Waals surface area contributed by atoms with Crippen LogP contribution in [0.15, 0.2) is 18.2 Å². The largest absolute Gasteiger partial charge is 0.508 e. The molecule has 1 aromatic heterocycles. The summed E-state index contributed by atoms with van der Waals surface area (Å²) in [6, 6.07) is 6.42. The number of aryl methyl sites for hydroxylation is 2. The molecule has 4 nitrogen and oxygen atoms in total. The lowest BCUT2D eigenvalue weighted by Crippen LogP contribution is -2.17. The van der Waals surface area contributed by atoms with Gasteiger partial charge < -0.3 is 10.4 Å². The number of hydrogen-bond donors (Lipinski definition) is 2. The highest BCUT2D eigenvalue weighted by Crippen LogP contribution is 2.28. The molecule has 0 aliphatic heterocycles. The quantitative estimate of drug-likeness (QED) is 0.803. The topological polar surface area (TPSA) is 58.0 Å². The molecule has 1 aromatic carbocycles. The van der Waals surface area contributed by atoms with Crippen LogP contribution in [0.2, 0.25) is 0 Å². The van der Waals surface area contributed by atoms with Crippen molar-refractivity contribution >= 4 is 11.3 Å². The van der Waals surface area contributed by atoms with Gasteiger partial charge in [0, 0.05) is 18.0 Å². The predicted molar refractivity (Wildman–Crippen MR) is 81.1 cm³/mol. The number of nitrogens with one attached hydrogen (secondary N) is 1. The second-order valence-electron chi connectivity index (χ2n) is 5.33. The number of phenolic OH excluding ortho intramolecular Hbond substituents is 1. The van der Waals surface area contributed by atoms with E-state index < -0.39 is 0 Å². The molecule has 3 rings (SSSR count). The summed E-state index contributed by atoms with van der Waals surface area (Å²) in [5, 5.41) is 23.7. The Morgan fingerprint density at radius 2 is 2.20 bits per heavy atom. The number of nitrogens with zero attached hydrogens (tertiary/aromatic N) is 2. The smallest absolute Gasteiger partial charge is 0.147 e. The van der Waals surface area contributed by atoms with Gasteiger partial charge in [0.1, 0.15) is 15.8 Å². The Hall–Kier alpha value is -1.46. The second kappa shape index (κ2) is 5.89. The van der Waals surface area contributed by atoms with Crippen molar-refractivity contribution in [3.63, 3.8) is 0 Å². The number of aromatic nitrogens is 2. The van der Waals surface area contributed by atoms with Gasteiger partial charge in [0.25, 0.3) is 0 Å². The van der Waals surface area contributed by atoms with Crippen LogP contribution in [-0.2, 0) is 6.42 Å². The van der Waals surface area contributed by atoms with E-state index in [1.54, 1.807) is 17.4 Å². The fourth-order valence-electron chi connectivity index (χ4n) is 2.05. The molecule has 1 heterocycles. The van der Waals surface area contributed by atoms with E-state index >= 15 is 0 Å². The van der Waals surface area contributed by atoms with Gasteiger partial charge >= 0.3 is 0 Å². The summed E-state index contributed by atoms with van der Waals surface area (Å²) in [4.78, 5) is 0. The van der Waals surface area contributed by atoms with Crippen molar-refractivity contribution in [3.8, 4) is 16.3 Å². The zero-order chi connectivity index (χ0) is 13.9. The van der Waals surface area contributed by atoms with E-state index in [4.69, 9.17) is 0 Å². The zero-order valence-corrected chi connectivity index (χ0v) is 12.4. The van der Waals surface area contributed by atoms with Gasteiger partial charge in [-0.05, 0) is 44.4 Å². The molecule has 20 heavy (non-hydrogen) atoms. The van der Waals surface area contributed by atoms with E-state index in [1.807, 2.05) is 19.1 Å². The van der Waals surface area contributed by atoms with Crippen LogP contribution in [0, 0.1) is 6.92 Å². The van der Waals surface area contributed by atoms with Crippen LogP contribution < -0.4 is 5.32 Å². The molecule has 0 atom stereocenters. The summed E-state index contributed by atoms with van der Waals surface area (Å²) in [6.45, 7) is 2.95. The molecule has 0 spiro atoms. The van der Waals surface area contributed by atoms with E-state index in [0.717, 1.165) is 46.6 Å². The molecular formula is C15H19N3OS. The SMILES string of the molecule is Cc1ccc(-c2nnc(CCCNC3CC3)s2)cc1O. The van der Waals surface area contributed by atoms with Gasteiger partial charge in [-0.3, -0.25) is 0 Å². The van der Waals surface area contributed by atoms with Gasteiger partial charge in [-0.2, -0.15) is 0 Å². The normalized spacial score (nSPS) is 14.7. The zero-order valence-electron chi connectivity index (χ0n) is 11.6. The molecule has 1 fully saturated rings. The van der Waals surface area contributed by atoms with E-state index in [9.17, 15) is 5.11 Å². The maximum Gasteiger partial charge on any atom is 0.147 e. The minimum atomic E-state index is 0.313. The molecule has 1 saturated carbocycles. The van der Waals surface area contributed by atoms with Gasteiger partial charge in [-0.25, -0.2) is 0 Å². The molecule has 2 N–H and O–H groups in total. The Morgan fingerprint density at radius 1 is 1.35 bits per heavy atom. The fourth-order valence-corrected chi connectivity index (χ4v) is 2.92. The molecule has 2 aromatic rings. The minimum absolute atomic E-state index is 0.313. The summed E-state index contributed by atoms with van der Waals surface area (Å²) < 4.78 is 0. The summed E-state index contributed by atoms with van der Waals surface area (Å²) in [5.74, 6) is 0.313. The van der Waals surface area contributed by atoms with Crippen molar-refractivity contribution in [1.29, 1.82) is 0 Å². The lowest BCUT2D eigenvalue weighted by atomic mass is 10.1. The number of aromatic hydroxyl groups is 1. The fraction of sp³-hybridized carbons (Fsp3) is 0.467. The third-order valence-electron chi connectivity index (χ3n) is 3.50. The molecule has 1 aliphatic rings. The van der Waals surface area contributed by atoms with Crippen molar-refractivity contribution in [2.45, 2.75) is 38.6 Å². The van der Waals surface area contributed by atoms with E-state index in [0.29, 0.717) is 5.75 Å². The number of rotatable bonds is 6. The standard InChI is InChI=1S/C15H19N3OS/c1-10-4-5-11(9-13(10)19)15-18-17-14(20-15)3-2-8-16-12-6-7-12/h4-5,9,12,16,19H,2-3,6-8H2,1H3. The van der Waals surface area contributed by atoms with Crippen molar-refractivity contribution in [3.05, 3.63) is 28.8 Å². The average molecular weight is 289 g/mol. The molecule has 0 amide bonds. The summed E-state index contributed by atoms with van der Waals surface area (Å²) in [6.07, 6.45) is 4.74.